The fourth-order valence-corrected chi connectivity index (χ4v) is 2.00. The van der Waals surface area contributed by atoms with E-state index in [1.54, 1.807) is 32.2 Å². The molecule has 104 valence electrons. The van der Waals surface area contributed by atoms with E-state index in [0.717, 1.165) is 0 Å². The van der Waals surface area contributed by atoms with Gasteiger partial charge in [0.1, 0.15) is 0 Å². The smallest absolute Gasteiger partial charge is 0.260 e. The average Bonchev–Trinajstić information content (AvgIpc) is 2.86. The Labute approximate surface area is 120 Å². The normalized spacial score (nSPS) is 10.2. The Morgan fingerprint density at radius 1 is 1.15 bits per heavy atom. The molecule has 0 fully saturated rings. The first-order chi connectivity index (χ1) is 9.54. The summed E-state index contributed by atoms with van der Waals surface area (Å²) in [4.78, 5) is 23.7. The molecular weight excluding hydrogens is 280 g/mol. The number of hydrogen-bond acceptors (Lipinski definition) is 3. The summed E-state index contributed by atoms with van der Waals surface area (Å²) in [6, 6.07) is 6.59. The highest BCUT2D eigenvalue weighted by Crippen LogP contribution is 2.22. The summed E-state index contributed by atoms with van der Waals surface area (Å²) in [5.74, 6) is -0.596. The van der Waals surface area contributed by atoms with E-state index in [0.29, 0.717) is 16.8 Å². The van der Waals surface area contributed by atoms with Gasteiger partial charge in [0, 0.05) is 18.3 Å². The molecule has 0 saturated carbocycles. The number of rotatable bonds is 3. The maximum atomic E-state index is 12.0. The lowest BCUT2D eigenvalue weighted by molar-refractivity contribution is 0.0960. The number of hydrogen-bond donors (Lipinski definition) is 2. The van der Waals surface area contributed by atoms with E-state index in [2.05, 4.69) is 10.6 Å². The molecule has 2 N–H and O–H groups in total. The summed E-state index contributed by atoms with van der Waals surface area (Å²) < 4.78 is 4.87. The first-order valence-corrected chi connectivity index (χ1v) is 6.28. The molecule has 2 aromatic rings. The highest BCUT2D eigenvalue weighted by molar-refractivity contribution is 6.32. The third-order valence-electron chi connectivity index (χ3n) is 2.92. The molecule has 2 amide bonds. The van der Waals surface area contributed by atoms with Crippen molar-refractivity contribution in [3.05, 3.63) is 52.4 Å². The molecule has 5 nitrogen and oxygen atoms in total. The number of amides is 2. The van der Waals surface area contributed by atoms with Crippen LogP contribution in [-0.4, -0.2) is 18.9 Å². The Kier molecular flexibility index (Phi) is 4.10. The molecule has 0 spiro atoms. The van der Waals surface area contributed by atoms with Crippen LogP contribution >= 0.6 is 11.6 Å². The lowest BCUT2D eigenvalue weighted by Gasteiger charge is -2.11. The van der Waals surface area contributed by atoms with Gasteiger partial charge in [0.15, 0.2) is 0 Å². The van der Waals surface area contributed by atoms with E-state index in [4.69, 9.17) is 16.0 Å². The Morgan fingerprint density at radius 3 is 2.50 bits per heavy atom. The van der Waals surface area contributed by atoms with Crippen molar-refractivity contribution in [1.29, 1.82) is 0 Å². The molecule has 0 radical (unpaired) electrons. The van der Waals surface area contributed by atoms with Crippen molar-refractivity contribution in [2.24, 2.45) is 0 Å². The van der Waals surface area contributed by atoms with Gasteiger partial charge in [-0.1, -0.05) is 6.07 Å². The summed E-state index contributed by atoms with van der Waals surface area (Å²) in [6.07, 6.45) is 1.34. The second kappa shape index (κ2) is 5.79. The van der Waals surface area contributed by atoms with Crippen molar-refractivity contribution < 1.29 is 14.0 Å². The number of anilines is 1. The number of benzene rings is 1. The highest BCUT2D eigenvalue weighted by Gasteiger charge is 2.16. The second-order valence-electron chi connectivity index (χ2n) is 4.12. The van der Waals surface area contributed by atoms with Crippen LogP contribution in [0.4, 0.5) is 5.69 Å². The van der Waals surface area contributed by atoms with Crippen molar-refractivity contribution in [3.63, 3.8) is 0 Å². The highest BCUT2D eigenvalue weighted by atomic mass is 35.5. The van der Waals surface area contributed by atoms with Gasteiger partial charge in [-0.3, -0.25) is 9.59 Å². The van der Waals surface area contributed by atoms with Gasteiger partial charge in [-0.25, -0.2) is 0 Å². The van der Waals surface area contributed by atoms with Gasteiger partial charge in [0.2, 0.25) is 5.22 Å². The third-order valence-corrected chi connectivity index (χ3v) is 3.21. The molecule has 1 heterocycles. The molecule has 1 aromatic carbocycles. The van der Waals surface area contributed by atoms with Gasteiger partial charge >= 0.3 is 0 Å². The molecule has 0 aliphatic rings. The molecule has 0 aliphatic heterocycles. The van der Waals surface area contributed by atoms with E-state index < -0.39 is 0 Å². The number of halogens is 1. The molecule has 20 heavy (non-hydrogen) atoms. The van der Waals surface area contributed by atoms with E-state index >= 15 is 0 Å². The largest absolute Gasteiger partial charge is 0.452 e. The van der Waals surface area contributed by atoms with Crippen LogP contribution in [0.25, 0.3) is 0 Å². The lowest BCUT2D eigenvalue weighted by Crippen LogP contribution is -2.20. The molecule has 1 aromatic heterocycles. The molecule has 0 unspecified atom stereocenters. The molecular formula is C14H13ClN2O3. The lowest BCUT2D eigenvalue weighted by atomic mass is 10.1. The molecule has 6 heteroatoms. The Balaban J connectivity index is 2.29. The van der Waals surface area contributed by atoms with Crippen LogP contribution in [0, 0.1) is 6.92 Å². The minimum absolute atomic E-state index is 0.0302. The Bertz CT molecular complexity index is 664. The average molecular weight is 293 g/mol. The van der Waals surface area contributed by atoms with Crippen molar-refractivity contribution in [2.75, 3.05) is 12.4 Å². The van der Waals surface area contributed by atoms with Crippen molar-refractivity contribution in [1.82, 2.24) is 5.32 Å². The molecule has 2 rings (SSSR count). The van der Waals surface area contributed by atoms with E-state index in [1.165, 1.54) is 12.3 Å². The van der Waals surface area contributed by atoms with Crippen LogP contribution in [0.2, 0.25) is 5.22 Å². The SMILES string of the molecule is CNC(=O)c1cccc(NC(=O)c2ccoc2Cl)c1C. The predicted octanol–water partition coefficient (Wildman–Crippen LogP) is 2.85. The van der Waals surface area contributed by atoms with Gasteiger partial charge in [0.05, 0.1) is 11.8 Å². The van der Waals surface area contributed by atoms with Crippen LogP contribution < -0.4 is 10.6 Å². The zero-order chi connectivity index (χ0) is 14.7. The van der Waals surface area contributed by atoms with Gasteiger partial charge in [-0.05, 0) is 42.3 Å². The van der Waals surface area contributed by atoms with Crippen LogP contribution in [-0.2, 0) is 0 Å². The van der Waals surface area contributed by atoms with Crippen LogP contribution in [0.1, 0.15) is 26.3 Å². The van der Waals surface area contributed by atoms with Gasteiger partial charge in [-0.2, -0.15) is 0 Å². The zero-order valence-electron chi connectivity index (χ0n) is 11.0. The number of carbonyl (C=O) groups is 2. The van der Waals surface area contributed by atoms with Crippen LogP contribution in [0.3, 0.4) is 0 Å². The molecule has 0 saturated heterocycles. The molecule has 0 bridgehead atoms. The standard InChI is InChI=1S/C14H13ClN2O3/c1-8-9(13(18)16-2)4-3-5-11(8)17-14(19)10-6-7-20-12(10)15/h3-7H,1-2H3,(H,16,18)(H,17,19). The zero-order valence-corrected chi connectivity index (χ0v) is 11.7. The fraction of sp³-hybridized carbons (Fsp3) is 0.143. The quantitative estimate of drug-likeness (QED) is 0.914. The van der Waals surface area contributed by atoms with Crippen molar-refractivity contribution in [3.8, 4) is 0 Å². The van der Waals surface area contributed by atoms with E-state index in [1.807, 2.05) is 0 Å². The number of carbonyl (C=O) groups excluding carboxylic acids is 2. The summed E-state index contributed by atoms with van der Waals surface area (Å²) in [5.41, 5.74) is 1.98. The third kappa shape index (κ3) is 2.67. The number of nitrogens with one attached hydrogen (secondary N) is 2. The maximum Gasteiger partial charge on any atom is 0.260 e. The number of furan rings is 1. The Hall–Kier alpha value is -2.27. The predicted molar refractivity (Wildman–Crippen MR) is 76.2 cm³/mol. The summed E-state index contributed by atoms with van der Waals surface area (Å²) >= 11 is 5.75. The summed E-state index contributed by atoms with van der Waals surface area (Å²) in [7, 11) is 1.55. The molecule has 0 aliphatic carbocycles. The second-order valence-corrected chi connectivity index (χ2v) is 4.46. The van der Waals surface area contributed by atoms with Gasteiger partial charge < -0.3 is 15.1 Å². The first kappa shape index (κ1) is 14.1. The fourth-order valence-electron chi connectivity index (χ4n) is 1.80. The van der Waals surface area contributed by atoms with Gasteiger partial charge in [0.25, 0.3) is 11.8 Å². The molecule has 0 atom stereocenters. The summed E-state index contributed by atoms with van der Waals surface area (Å²) in [5, 5.41) is 5.29. The minimum atomic E-state index is -0.388. The maximum absolute atomic E-state index is 12.0. The first-order valence-electron chi connectivity index (χ1n) is 5.90. The van der Waals surface area contributed by atoms with Crippen LogP contribution in [0.5, 0.6) is 0 Å². The van der Waals surface area contributed by atoms with Crippen molar-refractivity contribution in [2.45, 2.75) is 6.92 Å². The van der Waals surface area contributed by atoms with E-state index in [9.17, 15) is 9.59 Å². The Morgan fingerprint density at radius 2 is 1.90 bits per heavy atom. The minimum Gasteiger partial charge on any atom is -0.452 e. The van der Waals surface area contributed by atoms with Crippen LogP contribution in [0.15, 0.2) is 34.9 Å². The topological polar surface area (TPSA) is 71.3 Å². The van der Waals surface area contributed by atoms with E-state index in [-0.39, 0.29) is 22.6 Å². The monoisotopic (exact) mass is 292 g/mol. The van der Waals surface area contributed by atoms with Crippen molar-refractivity contribution >= 4 is 29.1 Å². The summed E-state index contributed by atoms with van der Waals surface area (Å²) in [6.45, 7) is 1.76. The van der Waals surface area contributed by atoms with Gasteiger partial charge in [-0.15, -0.1) is 0 Å².